The average Bonchev–Trinajstić information content (AvgIpc) is 3.35. The summed E-state index contributed by atoms with van der Waals surface area (Å²) in [7, 11) is 0. The van der Waals surface area contributed by atoms with Gasteiger partial charge >= 0.3 is 0 Å². The van der Waals surface area contributed by atoms with Gasteiger partial charge in [-0.05, 0) is 30.3 Å². The third-order valence-corrected chi connectivity index (χ3v) is 5.80. The summed E-state index contributed by atoms with van der Waals surface area (Å²) in [6, 6.07) is 12.5. The van der Waals surface area contributed by atoms with Crippen LogP contribution >= 0.6 is 23.1 Å². The van der Waals surface area contributed by atoms with Crippen LogP contribution in [0.15, 0.2) is 46.8 Å². The van der Waals surface area contributed by atoms with E-state index in [1.54, 1.807) is 30.3 Å². The highest BCUT2D eigenvalue weighted by Gasteiger charge is 2.15. The Labute approximate surface area is 180 Å². The molecule has 30 heavy (non-hydrogen) atoms. The van der Waals surface area contributed by atoms with Gasteiger partial charge < -0.3 is 25.4 Å². The van der Waals surface area contributed by atoms with E-state index in [-0.39, 0.29) is 24.4 Å². The molecule has 2 heterocycles. The molecule has 4 rings (SSSR count). The van der Waals surface area contributed by atoms with Crippen LogP contribution in [0.2, 0.25) is 0 Å². The summed E-state index contributed by atoms with van der Waals surface area (Å²) in [5.41, 5.74) is 2.10. The minimum absolute atomic E-state index is 0.138. The molecule has 11 heteroatoms. The predicted octanol–water partition coefficient (Wildman–Crippen LogP) is 3.70. The zero-order valence-electron chi connectivity index (χ0n) is 15.8. The number of nitrogens with zero attached hydrogens (tertiary/aromatic N) is 2. The first-order valence-electron chi connectivity index (χ1n) is 8.86. The van der Waals surface area contributed by atoms with Crippen molar-refractivity contribution in [1.82, 2.24) is 10.2 Å². The summed E-state index contributed by atoms with van der Waals surface area (Å²) in [6.07, 6.45) is 0. The molecule has 0 saturated heterocycles. The van der Waals surface area contributed by atoms with E-state index in [4.69, 9.17) is 9.47 Å². The molecule has 2 amide bonds. The van der Waals surface area contributed by atoms with Crippen molar-refractivity contribution in [2.45, 2.75) is 11.3 Å². The van der Waals surface area contributed by atoms with E-state index in [0.717, 1.165) is 5.69 Å². The molecule has 0 spiro atoms. The Morgan fingerprint density at radius 2 is 1.83 bits per heavy atom. The highest BCUT2D eigenvalue weighted by molar-refractivity contribution is 8.01. The number of anilines is 4. The number of aromatic nitrogens is 2. The van der Waals surface area contributed by atoms with Crippen molar-refractivity contribution in [3.8, 4) is 11.5 Å². The molecule has 3 N–H and O–H groups in total. The Morgan fingerprint density at radius 3 is 2.70 bits per heavy atom. The smallest absolute Gasteiger partial charge is 0.234 e. The van der Waals surface area contributed by atoms with Crippen LogP contribution in [0.3, 0.4) is 0 Å². The molecule has 1 aromatic heterocycles. The van der Waals surface area contributed by atoms with Gasteiger partial charge in [-0.3, -0.25) is 9.59 Å². The lowest BCUT2D eigenvalue weighted by Crippen LogP contribution is -2.13. The van der Waals surface area contributed by atoms with Crippen LogP contribution < -0.4 is 25.4 Å². The largest absolute Gasteiger partial charge is 0.454 e. The Hall–Kier alpha value is -3.31. The fourth-order valence-electron chi connectivity index (χ4n) is 2.62. The second kappa shape index (κ2) is 9.01. The number of ether oxygens (including phenoxy) is 2. The number of nitrogens with one attached hydrogen (secondary N) is 3. The SMILES string of the molecule is CC(=O)Nc1cccc(Nc2nnc(SCC(=O)Nc3ccc4c(c3)OCO4)s2)c1. The van der Waals surface area contributed by atoms with Crippen LogP contribution in [0, 0.1) is 0 Å². The van der Waals surface area contributed by atoms with Gasteiger partial charge in [0.05, 0.1) is 5.75 Å². The monoisotopic (exact) mass is 443 g/mol. The van der Waals surface area contributed by atoms with Gasteiger partial charge in [-0.25, -0.2) is 0 Å². The average molecular weight is 444 g/mol. The molecule has 0 aliphatic carbocycles. The molecule has 9 nitrogen and oxygen atoms in total. The van der Waals surface area contributed by atoms with Crippen LogP contribution in [0.1, 0.15) is 6.92 Å². The number of rotatable bonds is 7. The summed E-state index contributed by atoms with van der Waals surface area (Å²) in [4.78, 5) is 23.4. The summed E-state index contributed by atoms with van der Waals surface area (Å²) >= 11 is 2.63. The fraction of sp³-hybridized carbons (Fsp3) is 0.158. The van der Waals surface area contributed by atoms with E-state index >= 15 is 0 Å². The van der Waals surface area contributed by atoms with Gasteiger partial charge in [0.15, 0.2) is 15.8 Å². The van der Waals surface area contributed by atoms with Crippen LogP contribution in [0.25, 0.3) is 0 Å². The zero-order valence-corrected chi connectivity index (χ0v) is 17.4. The van der Waals surface area contributed by atoms with E-state index in [1.807, 2.05) is 12.1 Å². The minimum Gasteiger partial charge on any atom is -0.454 e. The third-order valence-electron chi connectivity index (χ3n) is 3.82. The van der Waals surface area contributed by atoms with Gasteiger partial charge in [-0.15, -0.1) is 10.2 Å². The van der Waals surface area contributed by atoms with Crippen LogP contribution in [-0.2, 0) is 9.59 Å². The summed E-state index contributed by atoms with van der Waals surface area (Å²) in [6.45, 7) is 1.64. The van der Waals surface area contributed by atoms with E-state index in [0.29, 0.717) is 32.3 Å². The number of benzene rings is 2. The van der Waals surface area contributed by atoms with Gasteiger partial charge in [0.25, 0.3) is 0 Å². The van der Waals surface area contributed by atoms with Crippen LogP contribution in [0.5, 0.6) is 11.5 Å². The molecule has 0 atom stereocenters. The van der Waals surface area contributed by atoms with E-state index in [1.165, 1.54) is 30.0 Å². The normalized spacial score (nSPS) is 11.8. The number of carbonyl (C=O) groups is 2. The Morgan fingerprint density at radius 1 is 1.03 bits per heavy atom. The molecule has 0 unspecified atom stereocenters. The first-order chi connectivity index (χ1) is 14.5. The minimum atomic E-state index is -0.161. The lowest BCUT2D eigenvalue weighted by Gasteiger charge is -2.06. The van der Waals surface area contributed by atoms with E-state index < -0.39 is 0 Å². The van der Waals surface area contributed by atoms with Crippen molar-refractivity contribution >= 4 is 57.1 Å². The van der Waals surface area contributed by atoms with Gasteiger partial charge in [-0.2, -0.15) is 0 Å². The number of fused-ring (bicyclic) bond motifs is 1. The number of amides is 2. The predicted molar refractivity (Wildman–Crippen MR) is 116 cm³/mol. The Bertz CT molecular complexity index is 1090. The van der Waals surface area contributed by atoms with Crippen LogP contribution in [-0.4, -0.2) is 34.6 Å². The van der Waals surface area contributed by atoms with E-state index in [2.05, 4.69) is 26.1 Å². The molecule has 1 aliphatic rings. The second-order valence-corrected chi connectivity index (χ2v) is 8.36. The Balaban J connectivity index is 1.29. The zero-order chi connectivity index (χ0) is 20.9. The summed E-state index contributed by atoms with van der Waals surface area (Å²) < 4.78 is 11.2. The highest BCUT2D eigenvalue weighted by Crippen LogP contribution is 2.34. The third kappa shape index (κ3) is 5.19. The van der Waals surface area contributed by atoms with Crippen molar-refractivity contribution in [3.05, 3.63) is 42.5 Å². The van der Waals surface area contributed by atoms with Crippen molar-refractivity contribution < 1.29 is 19.1 Å². The molecule has 3 aromatic rings. The lowest BCUT2D eigenvalue weighted by atomic mass is 10.3. The van der Waals surface area contributed by atoms with Gasteiger partial charge in [0, 0.05) is 30.1 Å². The van der Waals surface area contributed by atoms with Gasteiger partial charge in [-0.1, -0.05) is 29.2 Å². The maximum absolute atomic E-state index is 12.2. The van der Waals surface area contributed by atoms with E-state index in [9.17, 15) is 9.59 Å². The summed E-state index contributed by atoms with van der Waals surface area (Å²) in [5, 5.41) is 17.5. The van der Waals surface area contributed by atoms with Crippen molar-refractivity contribution in [2.24, 2.45) is 0 Å². The number of carbonyl (C=O) groups excluding carboxylic acids is 2. The molecule has 2 aromatic carbocycles. The molecule has 1 aliphatic heterocycles. The highest BCUT2D eigenvalue weighted by atomic mass is 32.2. The quantitative estimate of drug-likeness (QED) is 0.474. The molecule has 0 bridgehead atoms. The van der Waals surface area contributed by atoms with Crippen molar-refractivity contribution in [1.29, 1.82) is 0 Å². The fourth-order valence-corrected chi connectivity index (χ4v) is 4.19. The molecular weight excluding hydrogens is 426 g/mol. The molecule has 0 fully saturated rings. The number of hydrogen-bond acceptors (Lipinski definition) is 9. The van der Waals surface area contributed by atoms with Crippen LogP contribution in [0.4, 0.5) is 22.2 Å². The Kier molecular flexibility index (Phi) is 6.00. The second-order valence-electron chi connectivity index (χ2n) is 6.17. The molecule has 0 radical (unpaired) electrons. The maximum atomic E-state index is 12.2. The standard InChI is InChI=1S/C19H17N5O4S2/c1-11(25)20-12-3-2-4-13(7-12)22-18-23-24-19(30-18)29-9-17(26)21-14-5-6-15-16(8-14)28-10-27-15/h2-8H,9-10H2,1H3,(H,20,25)(H,21,26)(H,22,23). The topological polar surface area (TPSA) is 114 Å². The maximum Gasteiger partial charge on any atom is 0.234 e. The number of thioether (sulfide) groups is 1. The summed E-state index contributed by atoms with van der Waals surface area (Å²) in [5.74, 6) is 1.18. The first-order valence-corrected chi connectivity index (χ1v) is 10.7. The molecule has 0 saturated carbocycles. The first kappa shape index (κ1) is 20.0. The van der Waals surface area contributed by atoms with Crippen molar-refractivity contribution in [3.63, 3.8) is 0 Å². The van der Waals surface area contributed by atoms with Crippen molar-refractivity contribution in [2.75, 3.05) is 28.5 Å². The lowest BCUT2D eigenvalue weighted by molar-refractivity contribution is -0.114. The van der Waals surface area contributed by atoms with Gasteiger partial charge in [0.2, 0.25) is 23.7 Å². The molecular formula is C19H17N5O4S2. The number of hydrogen-bond donors (Lipinski definition) is 3. The van der Waals surface area contributed by atoms with Gasteiger partial charge in [0.1, 0.15) is 0 Å². The molecule has 154 valence electrons.